The molecule has 0 aliphatic heterocycles. The number of nitrogens with one attached hydrogen (secondary N) is 1. The molecule has 0 heterocycles. The molecule has 0 aliphatic rings. The zero-order valence-corrected chi connectivity index (χ0v) is 13.2. The predicted molar refractivity (Wildman–Crippen MR) is 81.0 cm³/mol. The Morgan fingerprint density at radius 2 is 1.83 bits per heavy atom. The lowest BCUT2D eigenvalue weighted by molar-refractivity contribution is -0.274. The van der Waals surface area contributed by atoms with Crippen LogP contribution in [0.1, 0.15) is 19.4 Å². The Morgan fingerprint density at radius 1 is 1.21 bits per heavy atom. The molecule has 0 saturated carbocycles. The second-order valence-corrected chi connectivity index (χ2v) is 5.26. The van der Waals surface area contributed by atoms with Crippen LogP contribution < -0.4 is 10.1 Å². The molecule has 24 heavy (non-hydrogen) atoms. The first-order chi connectivity index (χ1) is 11.2. The molecule has 8 heteroatoms. The number of hydrogen-bond donors (Lipinski definition) is 1. The summed E-state index contributed by atoms with van der Waals surface area (Å²) in [5.41, 5.74) is 0.478. The minimum Gasteiger partial charge on any atom is -0.452 e. The molecular formula is C16H18F3NO4. The summed E-state index contributed by atoms with van der Waals surface area (Å²) >= 11 is 0. The fraction of sp³-hybridized carbons (Fsp3) is 0.375. The van der Waals surface area contributed by atoms with E-state index in [4.69, 9.17) is 4.74 Å². The van der Waals surface area contributed by atoms with Gasteiger partial charge in [-0.1, -0.05) is 26.0 Å². The van der Waals surface area contributed by atoms with Gasteiger partial charge in [-0.3, -0.25) is 4.79 Å². The number of halogens is 3. The summed E-state index contributed by atoms with van der Waals surface area (Å²) in [5, 5.41) is 2.59. The molecule has 1 aromatic rings. The van der Waals surface area contributed by atoms with E-state index in [2.05, 4.69) is 10.1 Å². The Labute approximate surface area is 137 Å². The SMILES string of the molecule is CC(C)CNC(=O)COC(=O)/C=C/c1ccc(OC(F)(F)F)cc1. The van der Waals surface area contributed by atoms with Crippen LogP contribution in [-0.4, -0.2) is 31.4 Å². The van der Waals surface area contributed by atoms with Crippen LogP contribution in [0.15, 0.2) is 30.3 Å². The number of alkyl halides is 3. The van der Waals surface area contributed by atoms with Gasteiger partial charge in [0.05, 0.1) is 0 Å². The van der Waals surface area contributed by atoms with Crippen molar-refractivity contribution in [2.24, 2.45) is 5.92 Å². The fourth-order valence-electron chi connectivity index (χ4n) is 1.50. The van der Waals surface area contributed by atoms with Crippen molar-refractivity contribution < 1.29 is 32.2 Å². The van der Waals surface area contributed by atoms with E-state index < -0.39 is 24.8 Å². The number of esters is 1. The second kappa shape index (κ2) is 8.95. The average molecular weight is 345 g/mol. The van der Waals surface area contributed by atoms with Gasteiger partial charge in [-0.05, 0) is 29.7 Å². The Morgan fingerprint density at radius 3 is 2.38 bits per heavy atom. The number of rotatable bonds is 7. The molecule has 0 radical (unpaired) electrons. The quantitative estimate of drug-likeness (QED) is 0.610. The monoisotopic (exact) mass is 345 g/mol. The first-order valence-electron chi connectivity index (χ1n) is 7.13. The normalized spacial score (nSPS) is 11.6. The van der Waals surface area contributed by atoms with Crippen molar-refractivity contribution in [3.8, 4) is 5.75 Å². The van der Waals surface area contributed by atoms with E-state index in [1.54, 1.807) is 0 Å². The number of carbonyl (C=O) groups excluding carboxylic acids is 2. The van der Waals surface area contributed by atoms with Gasteiger partial charge in [0.1, 0.15) is 5.75 Å². The summed E-state index contributed by atoms with van der Waals surface area (Å²) in [6.07, 6.45) is -2.32. The van der Waals surface area contributed by atoms with Crippen molar-refractivity contribution in [3.63, 3.8) is 0 Å². The van der Waals surface area contributed by atoms with E-state index in [-0.39, 0.29) is 11.7 Å². The highest BCUT2D eigenvalue weighted by atomic mass is 19.4. The summed E-state index contributed by atoms with van der Waals surface area (Å²) in [5.74, 6) is -1.21. The number of benzene rings is 1. The molecule has 0 unspecified atom stereocenters. The molecule has 1 amide bonds. The Bertz CT molecular complexity index is 580. The Balaban J connectivity index is 2.42. The van der Waals surface area contributed by atoms with Gasteiger partial charge < -0.3 is 14.8 Å². The minimum atomic E-state index is -4.75. The molecule has 1 rings (SSSR count). The van der Waals surface area contributed by atoms with Crippen molar-refractivity contribution in [1.82, 2.24) is 5.32 Å². The van der Waals surface area contributed by atoms with Gasteiger partial charge in [-0.2, -0.15) is 0 Å². The summed E-state index contributed by atoms with van der Waals surface area (Å²) < 4.78 is 44.5. The number of ether oxygens (including phenoxy) is 2. The largest absolute Gasteiger partial charge is 0.573 e. The van der Waals surface area contributed by atoms with Gasteiger partial charge in [0.25, 0.3) is 5.91 Å². The standard InChI is InChI=1S/C16H18F3NO4/c1-11(2)9-20-14(21)10-23-15(22)8-5-12-3-6-13(7-4-12)24-16(17,18)19/h3-8,11H,9-10H2,1-2H3,(H,20,21)/b8-5+. The fourth-order valence-corrected chi connectivity index (χ4v) is 1.50. The van der Waals surface area contributed by atoms with Gasteiger partial charge >= 0.3 is 12.3 Å². The first kappa shape index (κ1) is 19.5. The molecule has 0 bridgehead atoms. The van der Waals surface area contributed by atoms with Crippen LogP contribution in [0.25, 0.3) is 6.08 Å². The maximum Gasteiger partial charge on any atom is 0.573 e. The predicted octanol–water partition coefficient (Wildman–Crippen LogP) is 2.91. The molecule has 0 saturated heterocycles. The van der Waals surface area contributed by atoms with Crippen LogP contribution in [0.5, 0.6) is 5.75 Å². The van der Waals surface area contributed by atoms with E-state index in [9.17, 15) is 22.8 Å². The third-order valence-electron chi connectivity index (χ3n) is 2.58. The molecule has 132 valence electrons. The van der Waals surface area contributed by atoms with Crippen LogP contribution in [-0.2, 0) is 14.3 Å². The van der Waals surface area contributed by atoms with Crippen molar-refractivity contribution in [1.29, 1.82) is 0 Å². The van der Waals surface area contributed by atoms with Crippen LogP contribution in [0.2, 0.25) is 0 Å². The summed E-state index contributed by atoms with van der Waals surface area (Å²) in [6, 6.07) is 4.94. The van der Waals surface area contributed by atoms with Crippen molar-refractivity contribution in [2.45, 2.75) is 20.2 Å². The lowest BCUT2D eigenvalue weighted by atomic mass is 10.2. The molecule has 1 N–H and O–H groups in total. The molecule has 0 atom stereocenters. The number of amides is 1. The second-order valence-electron chi connectivity index (χ2n) is 5.26. The zero-order chi connectivity index (χ0) is 18.2. The first-order valence-corrected chi connectivity index (χ1v) is 7.13. The third kappa shape index (κ3) is 8.82. The lowest BCUT2D eigenvalue weighted by Crippen LogP contribution is -2.31. The lowest BCUT2D eigenvalue weighted by Gasteiger charge is -2.08. The molecule has 0 aliphatic carbocycles. The van der Waals surface area contributed by atoms with Crippen molar-refractivity contribution in [3.05, 3.63) is 35.9 Å². The van der Waals surface area contributed by atoms with Crippen LogP contribution in [0, 0.1) is 5.92 Å². The van der Waals surface area contributed by atoms with E-state index in [0.717, 1.165) is 18.2 Å². The Kier molecular flexibility index (Phi) is 7.29. The van der Waals surface area contributed by atoms with Gasteiger partial charge in [-0.25, -0.2) is 4.79 Å². The van der Waals surface area contributed by atoms with Crippen LogP contribution in [0.4, 0.5) is 13.2 Å². The highest BCUT2D eigenvalue weighted by Gasteiger charge is 2.30. The topological polar surface area (TPSA) is 64.6 Å². The van der Waals surface area contributed by atoms with Gasteiger partial charge in [0.15, 0.2) is 6.61 Å². The summed E-state index contributed by atoms with van der Waals surface area (Å²) in [6.45, 7) is 3.95. The minimum absolute atomic E-state index is 0.286. The average Bonchev–Trinajstić information content (AvgIpc) is 2.48. The summed E-state index contributed by atoms with van der Waals surface area (Å²) in [7, 11) is 0. The van der Waals surface area contributed by atoms with E-state index in [1.807, 2.05) is 13.8 Å². The van der Waals surface area contributed by atoms with Crippen molar-refractivity contribution in [2.75, 3.05) is 13.2 Å². The van der Waals surface area contributed by atoms with E-state index in [0.29, 0.717) is 12.1 Å². The van der Waals surface area contributed by atoms with Crippen LogP contribution in [0.3, 0.4) is 0 Å². The van der Waals surface area contributed by atoms with Gasteiger partial charge in [0, 0.05) is 12.6 Å². The smallest absolute Gasteiger partial charge is 0.452 e. The highest BCUT2D eigenvalue weighted by molar-refractivity contribution is 5.89. The third-order valence-corrected chi connectivity index (χ3v) is 2.58. The molecule has 0 aromatic heterocycles. The summed E-state index contributed by atoms with van der Waals surface area (Å²) in [4.78, 5) is 22.8. The molecular weight excluding hydrogens is 327 g/mol. The number of carbonyl (C=O) groups is 2. The highest BCUT2D eigenvalue weighted by Crippen LogP contribution is 2.22. The van der Waals surface area contributed by atoms with Gasteiger partial charge in [-0.15, -0.1) is 13.2 Å². The zero-order valence-electron chi connectivity index (χ0n) is 13.2. The molecule has 5 nitrogen and oxygen atoms in total. The van der Waals surface area contributed by atoms with Crippen LogP contribution >= 0.6 is 0 Å². The Hall–Kier alpha value is -2.51. The molecule has 1 aromatic carbocycles. The maximum absolute atomic E-state index is 12.0. The van der Waals surface area contributed by atoms with Gasteiger partial charge in [0.2, 0.25) is 0 Å². The van der Waals surface area contributed by atoms with E-state index >= 15 is 0 Å². The molecule has 0 fully saturated rings. The van der Waals surface area contributed by atoms with Crippen molar-refractivity contribution >= 4 is 18.0 Å². The van der Waals surface area contributed by atoms with E-state index in [1.165, 1.54) is 18.2 Å². The maximum atomic E-state index is 12.0. The molecule has 0 spiro atoms. The number of hydrogen-bond acceptors (Lipinski definition) is 4.